The van der Waals surface area contributed by atoms with Gasteiger partial charge >= 0.3 is 0 Å². The largest absolute Gasteiger partial charge is 0.486 e. The summed E-state index contributed by atoms with van der Waals surface area (Å²) in [5.74, 6) is 2.26. The van der Waals surface area contributed by atoms with Crippen LogP contribution < -0.4 is 9.47 Å². The van der Waals surface area contributed by atoms with E-state index in [1.54, 1.807) is 0 Å². The number of Topliss-reactive ketones (excluding diaryl/α,β-unsaturated/α-hetero) is 1. The molecule has 0 amide bonds. The van der Waals surface area contributed by atoms with E-state index in [2.05, 4.69) is 49.4 Å². The SMILES string of the molecule is CCC1C(CCC(=O)Cc2ccc3c(c2)OCCO3)=CC=C1Cc1ccccc1. The van der Waals surface area contributed by atoms with Gasteiger partial charge in [0.25, 0.3) is 0 Å². The van der Waals surface area contributed by atoms with Crippen molar-refractivity contribution >= 4 is 5.78 Å². The zero-order valence-corrected chi connectivity index (χ0v) is 17.0. The van der Waals surface area contributed by atoms with Gasteiger partial charge in [-0.3, -0.25) is 4.79 Å². The molecule has 0 aromatic heterocycles. The van der Waals surface area contributed by atoms with Gasteiger partial charge < -0.3 is 9.47 Å². The molecular weight excluding hydrogens is 360 g/mol. The number of hydrogen-bond donors (Lipinski definition) is 0. The second-order valence-electron chi connectivity index (χ2n) is 7.80. The van der Waals surface area contributed by atoms with E-state index < -0.39 is 0 Å². The summed E-state index contributed by atoms with van der Waals surface area (Å²) in [7, 11) is 0. The van der Waals surface area contributed by atoms with E-state index >= 15 is 0 Å². The van der Waals surface area contributed by atoms with Crippen molar-refractivity contribution in [2.75, 3.05) is 13.2 Å². The van der Waals surface area contributed by atoms with E-state index in [9.17, 15) is 4.79 Å². The lowest BCUT2D eigenvalue weighted by Gasteiger charge is -2.19. The van der Waals surface area contributed by atoms with Crippen LogP contribution in [0, 0.1) is 5.92 Å². The number of allylic oxidation sites excluding steroid dienone is 4. The van der Waals surface area contributed by atoms with Crippen LogP contribution in [0.4, 0.5) is 0 Å². The molecule has 3 nitrogen and oxygen atoms in total. The monoisotopic (exact) mass is 388 g/mol. The van der Waals surface area contributed by atoms with Gasteiger partial charge in [0.1, 0.15) is 19.0 Å². The third-order valence-electron chi connectivity index (χ3n) is 5.77. The standard InChI is InChI=1S/C26H28O3/c1-2-24-21(9-10-22(24)16-19-6-4-3-5-7-19)11-12-23(27)17-20-8-13-25-26(18-20)29-15-14-28-25/h3-10,13,18,24H,2,11-12,14-17H2,1H3. The minimum Gasteiger partial charge on any atom is -0.486 e. The highest BCUT2D eigenvalue weighted by Crippen LogP contribution is 2.35. The Hall–Kier alpha value is -2.81. The summed E-state index contributed by atoms with van der Waals surface area (Å²) in [6.07, 6.45) is 8.46. The summed E-state index contributed by atoms with van der Waals surface area (Å²) in [6.45, 7) is 3.38. The molecule has 0 bridgehead atoms. The summed E-state index contributed by atoms with van der Waals surface area (Å²) in [4.78, 5) is 12.6. The molecule has 4 rings (SSSR count). The molecule has 150 valence electrons. The first kappa shape index (κ1) is 19.5. The highest BCUT2D eigenvalue weighted by Gasteiger charge is 2.22. The third kappa shape index (κ3) is 4.79. The Morgan fingerprint density at radius 1 is 0.931 bits per heavy atom. The Morgan fingerprint density at radius 3 is 2.48 bits per heavy atom. The number of rotatable bonds is 8. The van der Waals surface area contributed by atoms with Crippen molar-refractivity contribution in [1.82, 2.24) is 0 Å². The molecule has 0 saturated heterocycles. The highest BCUT2D eigenvalue weighted by molar-refractivity contribution is 5.81. The number of benzene rings is 2. The molecule has 1 atom stereocenters. The molecule has 0 N–H and O–H groups in total. The Labute approximate surface area is 173 Å². The van der Waals surface area contributed by atoms with Crippen molar-refractivity contribution < 1.29 is 14.3 Å². The van der Waals surface area contributed by atoms with Gasteiger partial charge in [0.15, 0.2) is 11.5 Å². The zero-order valence-electron chi connectivity index (χ0n) is 17.0. The molecular formula is C26H28O3. The second-order valence-corrected chi connectivity index (χ2v) is 7.80. The van der Waals surface area contributed by atoms with Gasteiger partial charge in [0.2, 0.25) is 0 Å². The van der Waals surface area contributed by atoms with Crippen molar-refractivity contribution in [2.45, 2.75) is 39.0 Å². The fourth-order valence-corrected chi connectivity index (χ4v) is 4.28. The maximum Gasteiger partial charge on any atom is 0.161 e. The van der Waals surface area contributed by atoms with Crippen molar-refractivity contribution in [3.63, 3.8) is 0 Å². The Bertz CT molecular complexity index is 924. The van der Waals surface area contributed by atoms with Crippen LogP contribution in [0.1, 0.15) is 37.3 Å². The van der Waals surface area contributed by atoms with Crippen LogP contribution in [0.15, 0.2) is 71.8 Å². The molecule has 0 radical (unpaired) electrons. The van der Waals surface area contributed by atoms with Crippen molar-refractivity contribution in [3.8, 4) is 11.5 Å². The van der Waals surface area contributed by atoms with E-state index in [0.29, 0.717) is 32.0 Å². The minimum atomic E-state index is 0.272. The topological polar surface area (TPSA) is 35.5 Å². The Morgan fingerprint density at radius 2 is 1.69 bits per heavy atom. The van der Waals surface area contributed by atoms with E-state index in [-0.39, 0.29) is 5.78 Å². The van der Waals surface area contributed by atoms with Gasteiger partial charge in [-0.2, -0.15) is 0 Å². The average molecular weight is 389 g/mol. The number of ketones is 1. The first-order valence-electron chi connectivity index (χ1n) is 10.6. The van der Waals surface area contributed by atoms with Crippen LogP contribution in [-0.2, 0) is 17.6 Å². The van der Waals surface area contributed by atoms with Gasteiger partial charge in [0, 0.05) is 18.8 Å². The molecule has 1 aliphatic carbocycles. The zero-order chi connectivity index (χ0) is 20.1. The molecule has 1 heterocycles. The molecule has 1 unspecified atom stereocenters. The first-order valence-corrected chi connectivity index (χ1v) is 10.6. The summed E-state index contributed by atoms with van der Waals surface area (Å²) in [6, 6.07) is 16.4. The van der Waals surface area contributed by atoms with Crippen LogP contribution >= 0.6 is 0 Å². The van der Waals surface area contributed by atoms with Crippen LogP contribution in [0.2, 0.25) is 0 Å². The number of ether oxygens (including phenoxy) is 2. The summed E-state index contributed by atoms with van der Waals surface area (Å²) >= 11 is 0. The molecule has 0 fully saturated rings. The molecule has 0 saturated carbocycles. The normalized spacial score (nSPS) is 17.6. The first-order chi connectivity index (χ1) is 14.2. The van der Waals surface area contributed by atoms with Crippen LogP contribution in [-0.4, -0.2) is 19.0 Å². The smallest absolute Gasteiger partial charge is 0.161 e. The van der Waals surface area contributed by atoms with E-state index in [1.165, 1.54) is 16.7 Å². The van der Waals surface area contributed by atoms with Crippen LogP contribution in [0.3, 0.4) is 0 Å². The fourth-order valence-electron chi connectivity index (χ4n) is 4.28. The highest BCUT2D eigenvalue weighted by atomic mass is 16.6. The lowest BCUT2D eigenvalue weighted by atomic mass is 9.86. The van der Waals surface area contributed by atoms with Gasteiger partial charge in [-0.05, 0) is 42.5 Å². The summed E-state index contributed by atoms with van der Waals surface area (Å²) < 4.78 is 11.2. The van der Waals surface area contributed by atoms with Crippen LogP contribution in [0.25, 0.3) is 0 Å². The second kappa shape index (κ2) is 9.13. The van der Waals surface area contributed by atoms with E-state index in [0.717, 1.165) is 36.3 Å². The molecule has 2 aliphatic rings. The number of hydrogen-bond acceptors (Lipinski definition) is 3. The maximum atomic E-state index is 12.6. The maximum absolute atomic E-state index is 12.6. The molecule has 2 aromatic carbocycles. The van der Waals surface area contributed by atoms with E-state index in [1.807, 2.05) is 18.2 Å². The third-order valence-corrected chi connectivity index (χ3v) is 5.77. The van der Waals surface area contributed by atoms with Crippen molar-refractivity contribution in [2.24, 2.45) is 5.92 Å². The van der Waals surface area contributed by atoms with Gasteiger partial charge in [-0.15, -0.1) is 0 Å². The summed E-state index contributed by atoms with van der Waals surface area (Å²) in [5, 5.41) is 0. The number of carbonyl (C=O) groups excluding carboxylic acids is 1. The van der Waals surface area contributed by atoms with Gasteiger partial charge in [0.05, 0.1) is 0 Å². The summed E-state index contributed by atoms with van der Waals surface area (Å²) in [5.41, 5.74) is 5.21. The lowest BCUT2D eigenvalue weighted by Crippen LogP contribution is -2.15. The Kier molecular flexibility index (Phi) is 6.14. The van der Waals surface area contributed by atoms with E-state index in [4.69, 9.17) is 9.47 Å². The Balaban J connectivity index is 1.30. The average Bonchev–Trinajstić information content (AvgIpc) is 3.14. The molecule has 3 heteroatoms. The fraction of sp³-hybridized carbons (Fsp3) is 0.346. The van der Waals surface area contributed by atoms with Gasteiger partial charge in [-0.1, -0.05) is 66.6 Å². The lowest BCUT2D eigenvalue weighted by molar-refractivity contribution is -0.118. The predicted octanol–water partition coefficient (Wildman–Crippen LogP) is 5.48. The van der Waals surface area contributed by atoms with Crippen LogP contribution in [0.5, 0.6) is 11.5 Å². The van der Waals surface area contributed by atoms with Crippen molar-refractivity contribution in [1.29, 1.82) is 0 Å². The number of fused-ring (bicyclic) bond motifs is 1. The molecule has 29 heavy (non-hydrogen) atoms. The van der Waals surface area contributed by atoms with Gasteiger partial charge in [-0.25, -0.2) is 0 Å². The predicted molar refractivity (Wildman–Crippen MR) is 115 cm³/mol. The number of carbonyl (C=O) groups is 1. The molecule has 0 spiro atoms. The molecule has 1 aliphatic heterocycles. The van der Waals surface area contributed by atoms with Crippen molar-refractivity contribution in [3.05, 3.63) is 83.0 Å². The quantitative estimate of drug-likeness (QED) is 0.600. The minimum absolute atomic E-state index is 0.272. The molecule has 2 aromatic rings.